The number of carboxylic acids is 1. The number of carboxylic acid groups (broad SMARTS) is 1. The summed E-state index contributed by atoms with van der Waals surface area (Å²) in [7, 11) is 0. The fourth-order valence-electron chi connectivity index (χ4n) is 5.41. The Morgan fingerprint density at radius 2 is 1.72 bits per heavy atom. The van der Waals surface area contributed by atoms with Crippen LogP contribution < -0.4 is 10.1 Å². The second-order valence-corrected chi connectivity index (χ2v) is 10.4. The van der Waals surface area contributed by atoms with Gasteiger partial charge in [-0.1, -0.05) is 18.2 Å². The highest BCUT2D eigenvalue weighted by Crippen LogP contribution is 2.46. The predicted molar refractivity (Wildman–Crippen MR) is 126 cm³/mol. The number of carbonyl (C=O) groups excluding carboxylic acids is 1. The molecule has 3 aliphatic heterocycles. The Balaban J connectivity index is 0.000000384. The number of aliphatic carboxylic acids is 1. The molecule has 10 heteroatoms. The molecule has 0 radical (unpaired) electrons. The Kier molecular flexibility index (Phi) is 8.44. The van der Waals surface area contributed by atoms with Gasteiger partial charge in [-0.2, -0.15) is 13.2 Å². The third kappa shape index (κ3) is 7.35. The molecule has 4 aliphatic rings. The van der Waals surface area contributed by atoms with Crippen LogP contribution in [0, 0.1) is 5.92 Å². The zero-order valence-corrected chi connectivity index (χ0v) is 20.4. The van der Waals surface area contributed by atoms with Crippen LogP contribution in [-0.2, 0) is 14.3 Å². The zero-order valence-electron chi connectivity index (χ0n) is 20.4. The normalized spacial score (nSPS) is 24.1. The number of ether oxygens (including phenoxy) is 2. The van der Waals surface area contributed by atoms with Crippen molar-refractivity contribution in [2.45, 2.75) is 75.1 Å². The number of nitrogens with one attached hydrogen (secondary N) is 1. The van der Waals surface area contributed by atoms with Crippen LogP contribution in [0.4, 0.5) is 13.2 Å². The van der Waals surface area contributed by atoms with Crippen LogP contribution in [0.3, 0.4) is 0 Å². The number of amides is 1. The highest BCUT2D eigenvalue weighted by Gasteiger charge is 2.44. The first-order valence-corrected chi connectivity index (χ1v) is 12.8. The number of rotatable bonds is 5. The molecule has 2 N–H and O–H groups in total. The lowest BCUT2D eigenvalue weighted by Crippen LogP contribution is -2.51. The molecule has 200 valence electrons. The molecule has 1 amide bonds. The maximum atomic E-state index is 12.5. The molecule has 1 spiro atoms. The molecule has 0 bridgehead atoms. The number of halogens is 3. The van der Waals surface area contributed by atoms with Crippen molar-refractivity contribution in [1.29, 1.82) is 0 Å². The lowest BCUT2D eigenvalue weighted by Gasteiger charge is -2.47. The van der Waals surface area contributed by atoms with Gasteiger partial charge in [0, 0.05) is 51.2 Å². The van der Waals surface area contributed by atoms with Gasteiger partial charge < -0.3 is 24.8 Å². The van der Waals surface area contributed by atoms with E-state index in [-0.39, 0.29) is 17.4 Å². The second-order valence-electron chi connectivity index (χ2n) is 10.4. The van der Waals surface area contributed by atoms with E-state index in [1.165, 1.54) is 24.9 Å². The number of alkyl halides is 3. The molecule has 1 aromatic carbocycles. The number of benzene rings is 1. The smallest absolute Gasteiger partial charge is 0.487 e. The van der Waals surface area contributed by atoms with Gasteiger partial charge in [-0.05, 0) is 62.5 Å². The Morgan fingerprint density at radius 1 is 1.08 bits per heavy atom. The molecular formula is C26H35F3N2O5. The molecule has 1 unspecified atom stereocenters. The van der Waals surface area contributed by atoms with Crippen LogP contribution in [0.25, 0.3) is 0 Å². The lowest BCUT2D eigenvalue weighted by atomic mass is 9.76. The maximum Gasteiger partial charge on any atom is 0.490 e. The third-order valence-electron chi connectivity index (χ3n) is 7.55. The van der Waals surface area contributed by atoms with Gasteiger partial charge in [0.1, 0.15) is 11.4 Å². The summed E-state index contributed by atoms with van der Waals surface area (Å²) < 4.78 is 43.9. The van der Waals surface area contributed by atoms with Crippen molar-refractivity contribution in [1.82, 2.24) is 10.2 Å². The molecule has 5 rings (SSSR count). The summed E-state index contributed by atoms with van der Waals surface area (Å²) in [6.45, 7) is 5.24. The SMILES string of the molecule is O=C(CC1CC2(CCN(CC3CCOCC3)CC2)Oc2ccccc21)NC1CC1.O=C(O)C(F)(F)F. The highest BCUT2D eigenvalue weighted by molar-refractivity contribution is 5.77. The first kappa shape index (κ1) is 26.7. The Hall–Kier alpha value is -2.33. The average molecular weight is 513 g/mol. The van der Waals surface area contributed by atoms with Crippen LogP contribution >= 0.6 is 0 Å². The number of hydrogen-bond donors (Lipinski definition) is 2. The number of likely N-dealkylation sites (tertiary alicyclic amines) is 1. The van der Waals surface area contributed by atoms with Gasteiger partial charge in [0.05, 0.1) is 0 Å². The quantitative estimate of drug-likeness (QED) is 0.617. The van der Waals surface area contributed by atoms with Gasteiger partial charge in [-0.25, -0.2) is 4.79 Å². The number of carbonyl (C=O) groups is 2. The summed E-state index contributed by atoms with van der Waals surface area (Å²) in [5.41, 5.74) is 1.11. The van der Waals surface area contributed by atoms with Crippen molar-refractivity contribution >= 4 is 11.9 Å². The number of para-hydroxylation sites is 1. The minimum Gasteiger partial charge on any atom is -0.487 e. The number of nitrogens with zero attached hydrogens (tertiary/aromatic N) is 1. The largest absolute Gasteiger partial charge is 0.490 e. The topological polar surface area (TPSA) is 88.1 Å². The molecule has 7 nitrogen and oxygen atoms in total. The first-order chi connectivity index (χ1) is 17.1. The van der Waals surface area contributed by atoms with Crippen molar-refractivity contribution in [3.05, 3.63) is 29.8 Å². The molecule has 3 heterocycles. The van der Waals surface area contributed by atoms with Gasteiger partial charge in [0.25, 0.3) is 0 Å². The van der Waals surface area contributed by atoms with Crippen LogP contribution in [0.2, 0.25) is 0 Å². The Labute approximate surface area is 209 Å². The van der Waals surface area contributed by atoms with Gasteiger partial charge >= 0.3 is 12.1 Å². The van der Waals surface area contributed by atoms with Gasteiger partial charge in [-0.3, -0.25) is 4.79 Å². The molecule has 1 aliphatic carbocycles. The van der Waals surface area contributed by atoms with Crippen molar-refractivity contribution in [3.8, 4) is 5.75 Å². The van der Waals surface area contributed by atoms with Gasteiger partial charge in [-0.15, -0.1) is 0 Å². The summed E-state index contributed by atoms with van der Waals surface area (Å²) in [6.07, 6.45) is 3.27. The Morgan fingerprint density at radius 3 is 2.33 bits per heavy atom. The van der Waals surface area contributed by atoms with Crippen LogP contribution in [0.5, 0.6) is 5.75 Å². The van der Waals surface area contributed by atoms with E-state index in [4.69, 9.17) is 19.4 Å². The molecule has 1 atom stereocenters. The van der Waals surface area contributed by atoms with E-state index in [1.54, 1.807) is 0 Å². The molecule has 36 heavy (non-hydrogen) atoms. The molecule has 1 aromatic rings. The highest BCUT2D eigenvalue weighted by atomic mass is 19.4. The fourth-order valence-corrected chi connectivity index (χ4v) is 5.41. The van der Waals surface area contributed by atoms with Crippen LogP contribution in [0.15, 0.2) is 24.3 Å². The second kappa shape index (κ2) is 11.4. The molecular weight excluding hydrogens is 477 g/mol. The van der Waals surface area contributed by atoms with E-state index in [9.17, 15) is 18.0 Å². The van der Waals surface area contributed by atoms with E-state index in [1.807, 2.05) is 0 Å². The standard InChI is InChI=1S/C24H34N2O3.C2HF3O2/c27-23(25-20-5-6-20)15-19-16-24(29-22-4-2-1-3-21(19)22)9-11-26(12-10-24)17-18-7-13-28-14-8-18;3-2(4,5)1(6)7/h1-4,18-20H,5-17H2,(H,25,27);(H,6,7). The van der Waals surface area contributed by atoms with E-state index >= 15 is 0 Å². The van der Waals surface area contributed by atoms with Crippen LogP contribution in [-0.4, -0.2) is 72.6 Å². The summed E-state index contributed by atoms with van der Waals surface area (Å²) in [5, 5.41) is 10.3. The summed E-state index contributed by atoms with van der Waals surface area (Å²) in [5.74, 6) is -0.500. The molecule has 2 saturated heterocycles. The van der Waals surface area contributed by atoms with E-state index in [2.05, 4.69) is 34.5 Å². The average Bonchev–Trinajstić information content (AvgIpc) is 3.65. The summed E-state index contributed by atoms with van der Waals surface area (Å²) in [4.78, 5) is 24.1. The van der Waals surface area contributed by atoms with E-state index in [0.717, 1.165) is 70.1 Å². The Bertz CT molecular complexity index is 907. The maximum absolute atomic E-state index is 12.5. The third-order valence-corrected chi connectivity index (χ3v) is 7.55. The van der Waals surface area contributed by atoms with Crippen molar-refractivity contribution in [2.75, 3.05) is 32.8 Å². The zero-order chi connectivity index (χ0) is 25.8. The molecule has 0 aromatic heterocycles. The van der Waals surface area contributed by atoms with Gasteiger partial charge in [0.2, 0.25) is 5.91 Å². The summed E-state index contributed by atoms with van der Waals surface area (Å²) >= 11 is 0. The lowest BCUT2D eigenvalue weighted by molar-refractivity contribution is -0.192. The van der Waals surface area contributed by atoms with E-state index < -0.39 is 12.1 Å². The summed E-state index contributed by atoms with van der Waals surface area (Å²) in [6, 6.07) is 8.80. The number of piperidine rings is 1. The van der Waals surface area contributed by atoms with Crippen LogP contribution in [0.1, 0.15) is 62.8 Å². The molecule has 3 fully saturated rings. The minimum absolute atomic E-state index is 0.106. The minimum atomic E-state index is -5.08. The fraction of sp³-hybridized carbons (Fsp3) is 0.692. The van der Waals surface area contributed by atoms with Crippen molar-refractivity contribution in [3.63, 3.8) is 0 Å². The molecule has 1 saturated carbocycles. The first-order valence-electron chi connectivity index (χ1n) is 12.8. The predicted octanol–water partition coefficient (Wildman–Crippen LogP) is 4.12. The van der Waals surface area contributed by atoms with Gasteiger partial charge in [0.15, 0.2) is 0 Å². The number of hydrogen-bond acceptors (Lipinski definition) is 5. The monoisotopic (exact) mass is 512 g/mol. The van der Waals surface area contributed by atoms with Crippen molar-refractivity contribution in [2.24, 2.45) is 5.92 Å². The van der Waals surface area contributed by atoms with E-state index in [0.29, 0.717) is 12.5 Å². The van der Waals surface area contributed by atoms with Crippen molar-refractivity contribution < 1.29 is 37.3 Å². The number of fused-ring (bicyclic) bond motifs is 1.